The number of halogens is 2. The minimum atomic E-state index is -0.573. The summed E-state index contributed by atoms with van der Waals surface area (Å²) in [4.78, 5) is 2.34. The average Bonchev–Trinajstić information content (AvgIpc) is 3.19. The van der Waals surface area contributed by atoms with Crippen molar-refractivity contribution in [1.29, 1.82) is 0 Å². The number of fused-ring (bicyclic) bond motifs is 1. The van der Waals surface area contributed by atoms with Gasteiger partial charge in [0.25, 0.3) is 0 Å². The molecule has 1 saturated heterocycles. The molecule has 1 fully saturated rings. The molecular formula is C28H27F2NO2. The van der Waals surface area contributed by atoms with Gasteiger partial charge in [-0.15, -0.1) is 0 Å². The van der Waals surface area contributed by atoms with Gasteiger partial charge in [0.15, 0.2) is 0 Å². The van der Waals surface area contributed by atoms with Crippen molar-refractivity contribution < 1.29 is 18.3 Å². The first-order valence-electron chi connectivity index (χ1n) is 11.4. The number of nitrogens with zero attached hydrogens (tertiary/aromatic N) is 1. The lowest BCUT2D eigenvalue weighted by molar-refractivity contribution is 0.0322. The summed E-state index contributed by atoms with van der Waals surface area (Å²) in [5.74, 6) is -0.310. The summed E-state index contributed by atoms with van der Waals surface area (Å²) in [5, 5.41) is 0. The van der Waals surface area contributed by atoms with Gasteiger partial charge in [0, 0.05) is 31.3 Å². The fourth-order valence-corrected chi connectivity index (χ4v) is 4.61. The first-order chi connectivity index (χ1) is 16.1. The molecule has 0 spiro atoms. The van der Waals surface area contributed by atoms with Crippen molar-refractivity contribution in [3.63, 3.8) is 0 Å². The van der Waals surface area contributed by atoms with E-state index >= 15 is 0 Å². The maximum absolute atomic E-state index is 14.9. The van der Waals surface area contributed by atoms with E-state index in [0.717, 1.165) is 72.5 Å². The van der Waals surface area contributed by atoms with Gasteiger partial charge in [-0.2, -0.15) is 0 Å². The Morgan fingerprint density at radius 3 is 2.42 bits per heavy atom. The van der Waals surface area contributed by atoms with E-state index in [1.165, 1.54) is 17.7 Å². The quantitative estimate of drug-likeness (QED) is 0.498. The van der Waals surface area contributed by atoms with Crippen molar-refractivity contribution in [2.24, 2.45) is 0 Å². The molecule has 170 valence electrons. The van der Waals surface area contributed by atoms with Crippen LogP contribution in [0.5, 0.6) is 5.75 Å². The zero-order valence-electron chi connectivity index (χ0n) is 18.7. The third kappa shape index (κ3) is 4.70. The molecule has 3 aromatic rings. The molecule has 0 aromatic heterocycles. The molecule has 5 rings (SSSR count). The Morgan fingerprint density at radius 2 is 1.67 bits per heavy atom. The molecule has 3 aromatic carbocycles. The molecule has 33 heavy (non-hydrogen) atoms. The average molecular weight is 448 g/mol. The van der Waals surface area contributed by atoms with E-state index in [0.29, 0.717) is 18.6 Å². The van der Waals surface area contributed by atoms with Gasteiger partial charge in [0.2, 0.25) is 0 Å². The van der Waals surface area contributed by atoms with Gasteiger partial charge >= 0.3 is 0 Å². The normalized spacial score (nSPS) is 16.2. The molecule has 0 bridgehead atoms. The zero-order chi connectivity index (χ0) is 22.8. The van der Waals surface area contributed by atoms with Crippen molar-refractivity contribution in [2.75, 3.05) is 39.5 Å². The van der Waals surface area contributed by atoms with Crippen molar-refractivity contribution in [3.8, 4) is 5.75 Å². The van der Waals surface area contributed by atoms with Crippen LogP contribution < -0.4 is 4.74 Å². The van der Waals surface area contributed by atoms with Crippen LogP contribution >= 0.6 is 0 Å². The second-order valence-corrected chi connectivity index (χ2v) is 8.64. The SMILES string of the molecule is Cc1ccc(C2=C(c3ccc(F)cc3F)c3ccc(OCCN4CCOCC4)cc3C2)cc1. The number of ether oxygens (including phenoxy) is 2. The Kier molecular flexibility index (Phi) is 6.25. The third-order valence-corrected chi connectivity index (χ3v) is 6.40. The van der Waals surface area contributed by atoms with Crippen LogP contribution in [-0.2, 0) is 11.2 Å². The van der Waals surface area contributed by atoms with E-state index in [1.807, 2.05) is 19.1 Å². The summed E-state index contributed by atoms with van der Waals surface area (Å²) in [7, 11) is 0. The van der Waals surface area contributed by atoms with Crippen LogP contribution in [0.25, 0.3) is 11.1 Å². The van der Waals surface area contributed by atoms with Crippen LogP contribution in [0.4, 0.5) is 8.78 Å². The summed E-state index contributed by atoms with van der Waals surface area (Å²) < 4.78 is 39.9. The smallest absolute Gasteiger partial charge is 0.133 e. The van der Waals surface area contributed by atoms with E-state index in [1.54, 1.807) is 0 Å². The monoisotopic (exact) mass is 447 g/mol. The first-order valence-corrected chi connectivity index (χ1v) is 11.4. The van der Waals surface area contributed by atoms with Gasteiger partial charge in [-0.1, -0.05) is 35.9 Å². The predicted molar refractivity (Wildman–Crippen MR) is 126 cm³/mol. The molecule has 0 atom stereocenters. The maximum Gasteiger partial charge on any atom is 0.133 e. The highest BCUT2D eigenvalue weighted by atomic mass is 19.1. The lowest BCUT2D eigenvalue weighted by Crippen LogP contribution is -2.38. The summed E-state index contributed by atoms with van der Waals surface area (Å²) in [6, 6.07) is 18.1. The van der Waals surface area contributed by atoms with Crippen LogP contribution in [0.1, 0.15) is 27.8 Å². The van der Waals surface area contributed by atoms with Gasteiger partial charge in [0.1, 0.15) is 24.0 Å². The van der Waals surface area contributed by atoms with Crippen molar-refractivity contribution >= 4 is 11.1 Å². The van der Waals surface area contributed by atoms with Gasteiger partial charge in [-0.05, 0) is 65.4 Å². The summed E-state index contributed by atoms with van der Waals surface area (Å²) in [6.07, 6.45) is 0.672. The predicted octanol–water partition coefficient (Wildman–Crippen LogP) is 5.50. The minimum Gasteiger partial charge on any atom is -0.492 e. The molecule has 0 saturated carbocycles. The Balaban J connectivity index is 1.44. The highest BCUT2D eigenvalue weighted by Gasteiger charge is 2.26. The number of hydrogen-bond donors (Lipinski definition) is 0. The Bertz CT molecular complexity index is 1180. The molecule has 1 aliphatic carbocycles. The molecule has 0 unspecified atom stereocenters. The van der Waals surface area contributed by atoms with Gasteiger partial charge < -0.3 is 9.47 Å². The number of rotatable bonds is 6. The van der Waals surface area contributed by atoms with E-state index < -0.39 is 11.6 Å². The standard InChI is InChI=1S/C28H27F2NO2/c1-19-2-4-20(5-3-19)26-17-21-16-23(33-15-12-31-10-13-32-14-11-31)7-9-24(21)28(26)25-8-6-22(29)18-27(25)30/h2-9,16,18H,10-15,17H2,1H3. The molecule has 0 radical (unpaired) electrons. The fraction of sp³-hybridized carbons (Fsp3) is 0.286. The van der Waals surface area contributed by atoms with Crippen LogP contribution in [0.3, 0.4) is 0 Å². The number of aryl methyl sites for hydroxylation is 1. The van der Waals surface area contributed by atoms with Crippen LogP contribution in [-0.4, -0.2) is 44.4 Å². The van der Waals surface area contributed by atoms with E-state index in [-0.39, 0.29) is 0 Å². The summed E-state index contributed by atoms with van der Waals surface area (Å²) in [6.45, 7) is 6.93. The number of hydrogen-bond acceptors (Lipinski definition) is 3. The highest BCUT2D eigenvalue weighted by molar-refractivity contribution is 6.04. The largest absolute Gasteiger partial charge is 0.492 e. The summed E-state index contributed by atoms with van der Waals surface area (Å²) in [5.41, 5.74) is 6.56. The van der Waals surface area contributed by atoms with E-state index in [9.17, 15) is 8.78 Å². The number of morpholine rings is 1. The molecule has 1 aliphatic heterocycles. The van der Waals surface area contributed by atoms with Gasteiger partial charge in [-0.3, -0.25) is 4.90 Å². The highest BCUT2D eigenvalue weighted by Crippen LogP contribution is 2.44. The Morgan fingerprint density at radius 1 is 0.909 bits per heavy atom. The first kappa shape index (κ1) is 21.8. The van der Waals surface area contributed by atoms with Crippen LogP contribution in [0.15, 0.2) is 60.7 Å². The topological polar surface area (TPSA) is 21.7 Å². The third-order valence-electron chi connectivity index (χ3n) is 6.40. The number of benzene rings is 3. The lowest BCUT2D eigenvalue weighted by atomic mass is 9.93. The molecule has 3 nitrogen and oxygen atoms in total. The molecule has 1 heterocycles. The Hall–Kier alpha value is -3.02. The molecule has 0 amide bonds. The minimum absolute atomic E-state index is 0.423. The molecule has 0 N–H and O–H groups in total. The van der Waals surface area contributed by atoms with Crippen LogP contribution in [0, 0.1) is 18.6 Å². The molecule has 2 aliphatic rings. The van der Waals surface area contributed by atoms with Crippen molar-refractivity contribution in [3.05, 3.63) is 100 Å². The molecular weight excluding hydrogens is 420 g/mol. The Labute approximate surface area is 193 Å². The second-order valence-electron chi connectivity index (χ2n) is 8.64. The van der Waals surface area contributed by atoms with Gasteiger partial charge in [-0.25, -0.2) is 8.78 Å². The molecule has 5 heteroatoms. The second kappa shape index (κ2) is 9.46. The van der Waals surface area contributed by atoms with Crippen LogP contribution in [0.2, 0.25) is 0 Å². The zero-order valence-corrected chi connectivity index (χ0v) is 18.7. The fourth-order valence-electron chi connectivity index (χ4n) is 4.61. The number of allylic oxidation sites excluding steroid dienone is 1. The van der Waals surface area contributed by atoms with Crippen molar-refractivity contribution in [2.45, 2.75) is 13.3 Å². The maximum atomic E-state index is 14.9. The summed E-state index contributed by atoms with van der Waals surface area (Å²) >= 11 is 0. The van der Waals surface area contributed by atoms with E-state index in [4.69, 9.17) is 9.47 Å². The lowest BCUT2D eigenvalue weighted by Gasteiger charge is -2.26. The van der Waals surface area contributed by atoms with E-state index in [2.05, 4.69) is 35.2 Å². The van der Waals surface area contributed by atoms with Gasteiger partial charge in [0.05, 0.1) is 13.2 Å². The van der Waals surface area contributed by atoms with Crippen molar-refractivity contribution in [1.82, 2.24) is 4.90 Å².